The summed E-state index contributed by atoms with van der Waals surface area (Å²) in [6.45, 7) is 3.94. The van der Waals surface area contributed by atoms with Crippen LogP contribution in [0, 0.1) is 12.7 Å². The van der Waals surface area contributed by atoms with Crippen molar-refractivity contribution in [2.45, 2.75) is 13.8 Å². The number of aryl methyl sites for hydroxylation is 1. The van der Waals surface area contributed by atoms with E-state index in [0.717, 1.165) is 0 Å². The fourth-order valence-corrected chi connectivity index (χ4v) is 1.72. The van der Waals surface area contributed by atoms with Crippen molar-refractivity contribution in [2.75, 3.05) is 6.61 Å². The molecular weight excluding hydrogens is 247 g/mol. The van der Waals surface area contributed by atoms with Gasteiger partial charge in [-0.3, -0.25) is 4.79 Å². The van der Waals surface area contributed by atoms with Crippen LogP contribution in [-0.4, -0.2) is 22.9 Å². The molecule has 0 spiro atoms. The van der Waals surface area contributed by atoms with E-state index >= 15 is 0 Å². The standard InChI is InChI=1S/C14H13FN2O2/c1-3-19-13-5-4-10(7-11(13)15)12-6-9(2)16-14(8-18)17-12/h4-8H,3H2,1-2H3. The van der Waals surface area contributed by atoms with Crippen LogP contribution in [0.1, 0.15) is 23.2 Å². The Hall–Kier alpha value is -2.30. The van der Waals surface area contributed by atoms with Crippen LogP contribution >= 0.6 is 0 Å². The topological polar surface area (TPSA) is 52.1 Å². The molecule has 0 fully saturated rings. The van der Waals surface area contributed by atoms with E-state index in [4.69, 9.17) is 4.74 Å². The quantitative estimate of drug-likeness (QED) is 0.793. The first-order valence-electron chi connectivity index (χ1n) is 5.87. The number of halogens is 1. The van der Waals surface area contributed by atoms with Crippen LogP contribution in [0.3, 0.4) is 0 Å². The molecule has 1 heterocycles. The molecular formula is C14H13FN2O2. The van der Waals surface area contributed by atoms with Crippen molar-refractivity contribution >= 4 is 6.29 Å². The van der Waals surface area contributed by atoms with Crippen molar-refractivity contribution in [1.29, 1.82) is 0 Å². The molecule has 0 bridgehead atoms. The molecule has 1 aromatic carbocycles. The van der Waals surface area contributed by atoms with Gasteiger partial charge in [0.05, 0.1) is 12.3 Å². The van der Waals surface area contributed by atoms with Crippen LogP contribution in [0.5, 0.6) is 5.75 Å². The zero-order valence-electron chi connectivity index (χ0n) is 10.7. The molecule has 0 aliphatic heterocycles. The van der Waals surface area contributed by atoms with E-state index in [-0.39, 0.29) is 11.6 Å². The van der Waals surface area contributed by atoms with E-state index in [1.165, 1.54) is 6.07 Å². The van der Waals surface area contributed by atoms with Gasteiger partial charge in [0.2, 0.25) is 0 Å². The van der Waals surface area contributed by atoms with Gasteiger partial charge in [-0.25, -0.2) is 14.4 Å². The van der Waals surface area contributed by atoms with Gasteiger partial charge >= 0.3 is 0 Å². The van der Waals surface area contributed by atoms with E-state index in [1.807, 2.05) is 0 Å². The molecule has 0 radical (unpaired) electrons. The van der Waals surface area contributed by atoms with Gasteiger partial charge < -0.3 is 4.74 Å². The third kappa shape index (κ3) is 2.93. The summed E-state index contributed by atoms with van der Waals surface area (Å²) in [5, 5.41) is 0. The highest BCUT2D eigenvalue weighted by Crippen LogP contribution is 2.24. The minimum Gasteiger partial charge on any atom is -0.491 e. The first kappa shape index (κ1) is 13.1. The fraction of sp³-hybridized carbons (Fsp3) is 0.214. The zero-order valence-corrected chi connectivity index (χ0v) is 10.7. The minimum atomic E-state index is -0.455. The lowest BCUT2D eigenvalue weighted by molar-refractivity contribution is 0.111. The number of aromatic nitrogens is 2. The number of carbonyl (C=O) groups excluding carboxylic acids is 1. The predicted octanol–water partition coefficient (Wildman–Crippen LogP) is 2.80. The number of rotatable bonds is 4. The van der Waals surface area contributed by atoms with Crippen LogP contribution in [-0.2, 0) is 0 Å². The Bertz CT molecular complexity index is 614. The summed E-state index contributed by atoms with van der Waals surface area (Å²) in [7, 11) is 0. The molecule has 0 atom stereocenters. The number of ether oxygens (including phenoxy) is 1. The molecule has 4 nitrogen and oxygen atoms in total. The van der Waals surface area contributed by atoms with Crippen LogP contribution in [0.4, 0.5) is 4.39 Å². The fourth-order valence-electron chi connectivity index (χ4n) is 1.72. The summed E-state index contributed by atoms with van der Waals surface area (Å²) in [4.78, 5) is 18.7. The number of aldehydes is 1. The molecule has 98 valence electrons. The maximum absolute atomic E-state index is 13.8. The molecule has 2 aromatic rings. The maximum Gasteiger partial charge on any atom is 0.193 e. The Balaban J connectivity index is 2.44. The van der Waals surface area contributed by atoms with E-state index in [1.54, 1.807) is 32.0 Å². The Morgan fingerprint density at radius 2 is 2.11 bits per heavy atom. The molecule has 2 rings (SSSR count). The minimum absolute atomic E-state index is 0.0873. The summed E-state index contributed by atoms with van der Waals surface area (Å²) >= 11 is 0. The highest BCUT2D eigenvalue weighted by molar-refractivity contribution is 5.71. The van der Waals surface area contributed by atoms with E-state index in [9.17, 15) is 9.18 Å². The lowest BCUT2D eigenvalue weighted by Crippen LogP contribution is -1.98. The first-order chi connectivity index (χ1) is 9.13. The van der Waals surface area contributed by atoms with E-state index < -0.39 is 5.82 Å². The maximum atomic E-state index is 13.8. The van der Waals surface area contributed by atoms with Gasteiger partial charge in [0.25, 0.3) is 0 Å². The Kier molecular flexibility index (Phi) is 3.85. The van der Waals surface area contributed by atoms with Gasteiger partial charge in [0.1, 0.15) is 0 Å². The Morgan fingerprint density at radius 3 is 2.74 bits per heavy atom. The SMILES string of the molecule is CCOc1ccc(-c2cc(C)nc(C=O)n2)cc1F. The Labute approximate surface area is 110 Å². The molecule has 0 saturated heterocycles. The molecule has 0 aliphatic rings. The summed E-state index contributed by atoms with van der Waals surface area (Å²) in [6, 6.07) is 6.28. The van der Waals surface area contributed by atoms with Gasteiger partial charge in [-0.05, 0) is 38.1 Å². The average Bonchev–Trinajstić information content (AvgIpc) is 2.40. The average molecular weight is 260 g/mol. The van der Waals surface area contributed by atoms with Crippen LogP contribution in [0.2, 0.25) is 0 Å². The summed E-state index contributed by atoms with van der Waals surface area (Å²) in [6.07, 6.45) is 0.571. The van der Waals surface area contributed by atoms with Crippen molar-refractivity contribution in [3.63, 3.8) is 0 Å². The largest absolute Gasteiger partial charge is 0.491 e. The van der Waals surface area contributed by atoms with Gasteiger partial charge in [-0.2, -0.15) is 0 Å². The van der Waals surface area contributed by atoms with Gasteiger partial charge in [-0.15, -0.1) is 0 Å². The molecule has 0 N–H and O–H groups in total. The first-order valence-corrected chi connectivity index (χ1v) is 5.87. The van der Waals surface area contributed by atoms with Crippen LogP contribution < -0.4 is 4.74 Å². The van der Waals surface area contributed by atoms with Gasteiger partial charge in [0.15, 0.2) is 23.7 Å². The van der Waals surface area contributed by atoms with E-state index in [2.05, 4.69) is 9.97 Å². The van der Waals surface area contributed by atoms with Gasteiger partial charge in [-0.1, -0.05) is 0 Å². The van der Waals surface area contributed by atoms with Crippen molar-refractivity contribution in [2.24, 2.45) is 0 Å². The summed E-state index contributed by atoms with van der Waals surface area (Å²) in [5.41, 5.74) is 1.74. The number of hydrogen-bond donors (Lipinski definition) is 0. The van der Waals surface area contributed by atoms with Crippen molar-refractivity contribution in [3.8, 4) is 17.0 Å². The number of carbonyl (C=O) groups is 1. The van der Waals surface area contributed by atoms with Crippen LogP contribution in [0.15, 0.2) is 24.3 Å². The summed E-state index contributed by atoms with van der Waals surface area (Å²) < 4.78 is 18.9. The second-order valence-corrected chi connectivity index (χ2v) is 3.95. The third-order valence-corrected chi connectivity index (χ3v) is 2.50. The van der Waals surface area contributed by atoms with Crippen molar-refractivity contribution in [1.82, 2.24) is 9.97 Å². The predicted molar refractivity (Wildman–Crippen MR) is 68.7 cm³/mol. The third-order valence-electron chi connectivity index (χ3n) is 2.50. The molecule has 5 heteroatoms. The number of nitrogens with zero attached hydrogens (tertiary/aromatic N) is 2. The van der Waals surface area contributed by atoms with Crippen molar-refractivity contribution in [3.05, 3.63) is 41.6 Å². The highest BCUT2D eigenvalue weighted by Gasteiger charge is 2.08. The molecule has 0 amide bonds. The molecule has 0 unspecified atom stereocenters. The molecule has 19 heavy (non-hydrogen) atoms. The Morgan fingerprint density at radius 1 is 1.32 bits per heavy atom. The van der Waals surface area contributed by atoms with Crippen LogP contribution in [0.25, 0.3) is 11.3 Å². The monoisotopic (exact) mass is 260 g/mol. The van der Waals surface area contributed by atoms with Crippen molar-refractivity contribution < 1.29 is 13.9 Å². The molecule has 1 aromatic heterocycles. The second kappa shape index (κ2) is 5.56. The lowest BCUT2D eigenvalue weighted by Gasteiger charge is -2.07. The zero-order chi connectivity index (χ0) is 13.8. The number of benzene rings is 1. The molecule has 0 aliphatic carbocycles. The lowest BCUT2D eigenvalue weighted by atomic mass is 10.1. The number of hydrogen-bond acceptors (Lipinski definition) is 4. The van der Waals surface area contributed by atoms with Gasteiger partial charge in [0, 0.05) is 11.3 Å². The van der Waals surface area contributed by atoms with E-state index in [0.29, 0.717) is 29.8 Å². The smallest absolute Gasteiger partial charge is 0.193 e. The highest BCUT2D eigenvalue weighted by atomic mass is 19.1. The summed E-state index contributed by atoms with van der Waals surface area (Å²) in [5.74, 6) is -0.166. The molecule has 0 saturated carbocycles. The normalized spacial score (nSPS) is 10.3. The second-order valence-electron chi connectivity index (χ2n) is 3.95.